The quantitative estimate of drug-likeness (QED) is 0.358. The molecule has 1 amide bonds. The van der Waals surface area contributed by atoms with E-state index in [-0.39, 0.29) is 40.5 Å². The van der Waals surface area contributed by atoms with Crippen molar-refractivity contribution in [3.05, 3.63) is 34.4 Å². The average molecular weight is 392 g/mol. The summed E-state index contributed by atoms with van der Waals surface area (Å²) in [6.45, 7) is 8.21. The maximum Gasteiger partial charge on any atom is 0.277 e. The van der Waals surface area contributed by atoms with Gasteiger partial charge in [-0.2, -0.15) is 0 Å². The minimum atomic E-state index is -0.480. The number of nitrogens with zero attached hydrogens (tertiary/aromatic N) is 4. The minimum Gasteiger partial charge on any atom is -0.411 e. The van der Waals surface area contributed by atoms with E-state index in [9.17, 15) is 14.9 Å². The van der Waals surface area contributed by atoms with Crippen LogP contribution >= 0.6 is 11.8 Å². The maximum absolute atomic E-state index is 12.7. The summed E-state index contributed by atoms with van der Waals surface area (Å²) in [6.07, 6.45) is 1.77. The monoisotopic (exact) mass is 392 g/mol. The molecule has 1 heterocycles. The molecule has 0 saturated heterocycles. The van der Waals surface area contributed by atoms with Crippen LogP contribution in [0.1, 0.15) is 40.5 Å². The molecule has 0 radical (unpaired) electrons. The largest absolute Gasteiger partial charge is 0.411 e. The molecule has 1 aromatic carbocycles. The SMILES string of the molecule is CC[C@@H](C)N(C(=O)CSc1nnc(-c2cccc([N+](=O)[O-])c2)o1)[C@@H](C)CC. The molecular formula is C18H24N4O4S. The highest BCUT2D eigenvalue weighted by Gasteiger charge is 2.24. The van der Waals surface area contributed by atoms with Crippen LogP contribution in [0.15, 0.2) is 33.9 Å². The molecule has 0 bridgehead atoms. The zero-order chi connectivity index (χ0) is 20.0. The van der Waals surface area contributed by atoms with Gasteiger partial charge < -0.3 is 9.32 Å². The van der Waals surface area contributed by atoms with Crippen molar-refractivity contribution >= 4 is 23.4 Å². The number of non-ortho nitro benzene ring substituents is 1. The molecule has 2 aromatic rings. The predicted molar refractivity (Wildman–Crippen MR) is 103 cm³/mol. The van der Waals surface area contributed by atoms with Gasteiger partial charge >= 0.3 is 0 Å². The van der Waals surface area contributed by atoms with Crippen molar-refractivity contribution in [3.63, 3.8) is 0 Å². The molecule has 1 aromatic heterocycles. The molecule has 0 aliphatic carbocycles. The summed E-state index contributed by atoms with van der Waals surface area (Å²) in [5.41, 5.74) is 0.420. The van der Waals surface area contributed by atoms with Crippen LogP contribution in [0.3, 0.4) is 0 Å². The van der Waals surface area contributed by atoms with Crippen molar-refractivity contribution in [3.8, 4) is 11.5 Å². The van der Waals surface area contributed by atoms with Crippen LogP contribution in [0.25, 0.3) is 11.5 Å². The lowest BCUT2D eigenvalue weighted by Crippen LogP contribution is -2.45. The van der Waals surface area contributed by atoms with Gasteiger partial charge in [-0.3, -0.25) is 14.9 Å². The van der Waals surface area contributed by atoms with Crippen LogP contribution in [-0.4, -0.2) is 43.8 Å². The fourth-order valence-electron chi connectivity index (χ4n) is 2.65. The number of hydrogen-bond donors (Lipinski definition) is 0. The van der Waals surface area contributed by atoms with E-state index in [4.69, 9.17) is 4.42 Å². The molecule has 27 heavy (non-hydrogen) atoms. The van der Waals surface area contributed by atoms with Gasteiger partial charge in [0, 0.05) is 29.8 Å². The van der Waals surface area contributed by atoms with Crippen LogP contribution < -0.4 is 0 Å². The molecule has 0 saturated carbocycles. The Morgan fingerprint density at radius 2 is 1.93 bits per heavy atom. The summed E-state index contributed by atoms with van der Waals surface area (Å²) in [7, 11) is 0. The van der Waals surface area contributed by atoms with Gasteiger partial charge in [0.15, 0.2) is 0 Å². The Kier molecular flexibility index (Phi) is 7.35. The van der Waals surface area contributed by atoms with Crippen molar-refractivity contribution in [2.24, 2.45) is 0 Å². The second kappa shape index (κ2) is 9.50. The normalized spacial score (nSPS) is 13.2. The third-order valence-corrected chi connectivity index (χ3v) is 5.25. The molecule has 0 spiro atoms. The number of carbonyl (C=O) groups is 1. The molecule has 0 unspecified atom stereocenters. The van der Waals surface area contributed by atoms with E-state index in [2.05, 4.69) is 24.0 Å². The fraction of sp³-hybridized carbons (Fsp3) is 0.500. The number of thioether (sulfide) groups is 1. The van der Waals surface area contributed by atoms with Crippen LogP contribution in [-0.2, 0) is 4.79 Å². The summed E-state index contributed by atoms with van der Waals surface area (Å²) < 4.78 is 5.56. The zero-order valence-corrected chi connectivity index (χ0v) is 16.7. The van der Waals surface area contributed by atoms with E-state index >= 15 is 0 Å². The van der Waals surface area contributed by atoms with Gasteiger partial charge in [0.2, 0.25) is 11.8 Å². The van der Waals surface area contributed by atoms with E-state index in [0.29, 0.717) is 5.56 Å². The highest BCUT2D eigenvalue weighted by atomic mass is 32.2. The number of carbonyl (C=O) groups excluding carboxylic acids is 1. The number of nitro benzene ring substituents is 1. The van der Waals surface area contributed by atoms with Crippen LogP contribution in [0.2, 0.25) is 0 Å². The van der Waals surface area contributed by atoms with E-state index in [1.807, 2.05) is 18.7 Å². The van der Waals surface area contributed by atoms with E-state index < -0.39 is 4.92 Å². The molecule has 8 nitrogen and oxygen atoms in total. The Morgan fingerprint density at radius 1 is 1.26 bits per heavy atom. The Labute approximate surface area is 162 Å². The van der Waals surface area contributed by atoms with Crippen molar-refractivity contribution in [2.75, 3.05) is 5.75 Å². The van der Waals surface area contributed by atoms with Crippen LogP contribution in [0.5, 0.6) is 0 Å². The topological polar surface area (TPSA) is 102 Å². The van der Waals surface area contributed by atoms with Gasteiger partial charge in [-0.1, -0.05) is 31.7 Å². The summed E-state index contributed by atoms with van der Waals surface area (Å²) in [4.78, 5) is 25.0. The molecule has 0 fully saturated rings. The molecule has 2 rings (SSSR count). The molecule has 0 aliphatic rings. The number of amides is 1. The Bertz CT molecular complexity index is 785. The van der Waals surface area contributed by atoms with Crippen LogP contribution in [0.4, 0.5) is 5.69 Å². The molecule has 0 aliphatic heterocycles. The highest BCUT2D eigenvalue weighted by molar-refractivity contribution is 7.99. The standard InChI is InChI=1S/C18H24N4O4S/c1-5-12(3)21(13(4)6-2)16(23)11-27-18-20-19-17(26-18)14-8-7-9-15(10-14)22(24)25/h7-10,12-13H,5-6,11H2,1-4H3/t12-,13+. The van der Waals surface area contributed by atoms with Gasteiger partial charge in [0.1, 0.15) is 0 Å². The number of rotatable bonds is 9. The maximum atomic E-state index is 12.7. The van der Waals surface area contributed by atoms with Crippen molar-refractivity contribution in [1.29, 1.82) is 0 Å². The van der Waals surface area contributed by atoms with Gasteiger partial charge in [0.05, 0.1) is 10.7 Å². The van der Waals surface area contributed by atoms with E-state index in [0.717, 1.165) is 12.8 Å². The first kappa shape index (κ1) is 20.9. The number of hydrogen-bond acceptors (Lipinski definition) is 7. The van der Waals surface area contributed by atoms with Crippen molar-refractivity contribution in [1.82, 2.24) is 15.1 Å². The lowest BCUT2D eigenvalue weighted by molar-refractivity contribution is -0.384. The molecule has 2 atom stereocenters. The summed E-state index contributed by atoms with van der Waals surface area (Å²) >= 11 is 1.17. The first-order valence-corrected chi connectivity index (χ1v) is 9.88. The third kappa shape index (κ3) is 5.29. The number of aromatic nitrogens is 2. The van der Waals surface area contributed by atoms with E-state index in [1.54, 1.807) is 12.1 Å². The Morgan fingerprint density at radius 3 is 2.52 bits per heavy atom. The fourth-order valence-corrected chi connectivity index (χ4v) is 3.29. The first-order chi connectivity index (χ1) is 12.9. The summed E-state index contributed by atoms with van der Waals surface area (Å²) in [5, 5.41) is 19.0. The lowest BCUT2D eigenvalue weighted by Gasteiger charge is -2.33. The van der Waals surface area contributed by atoms with Gasteiger partial charge in [-0.05, 0) is 32.8 Å². The summed E-state index contributed by atoms with van der Waals surface area (Å²) in [5.74, 6) is 0.416. The highest BCUT2D eigenvalue weighted by Crippen LogP contribution is 2.26. The minimum absolute atomic E-state index is 0.0267. The van der Waals surface area contributed by atoms with Gasteiger partial charge in [-0.25, -0.2) is 0 Å². The van der Waals surface area contributed by atoms with Crippen molar-refractivity contribution in [2.45, 2.75) is 57.8 Å². The number of nitro groups is 1. The van der Waals surface area contributed by atoms with Crippen LogP contribution in [0, 0.1) is 10.1 Å². The van der Waals surface area contributed by atoms with E-state index in [1.165, 1.54) is 23.9 Å². The second-order valence-corrected chi connectivity index (χ2v) is 7.21. The smallest absolute Gasteiger partial charge is 0.277 e. The zero-order valence-electron chi connectivity index (χ0n) is 15.9. The van der Waals surface area contributed by atoms with Crippen molar-refractivity contribution < 1.29 is 14.1 Å². The molecule has 0 N–H and O–H groups in total. The second-order valence-electron chi connectivity index (χ2n) is 6.28. The lowest BCUT2D eigenvalue weighted by atomic mass is 10.1. The molecule has 146 valence electrons. The molecule has 9 heteroatoms. The molecular weight excluding hydrogens is 368 g/mol. The number of benzene rings is 1. The third-order valence-electron chi connectivity index (χ3n) is 4.45. The Balaban J connectivity index is 2.06. The predicted octanol–water partition coefficient (Wildman–Crippen LogP) is 4.16. The van der Waals surface area contributed by atoms with Gasteiger partial charge in [0.25, 0.3) is 10.9 Å². The van der Waals surface area contributed by atoms with Gasteiger partial charge in [-0.15, -0.1) is 10.2 Å². The average Bonchev–Trinajstić information content (AvgIpc) is 3.15. The first-order valence-electron chi connectivity index (χ1n) is 8.89. The Hall–Kier alpha value is -2.42. The summed E-state index contributed by atoms with van der Waals surface area (Å²) in [6, 6.07) is 6.32.